The van der Waals surface area contributed by atoms with E-state index in [1.54, 1.807) is 0 Å². The van der Waals surface area contributed by atoms with Crippen LogP contribution in [0.25, 0.3) is 0 Å². The van der Waals surface area contributed by atoms with Crippen molar-refractivity contribution in [2.24, 2.45) is 0 Å². The number of nitrogens with one attached hydrogen (secondary N) is 1. The molecule has 2 rings (SSSR count). The lowest BCUT2D eigenvalue weighted by Gasteiger charge is -2.16. The van der Waals surface area contributed by atoms with Gasteiger partial charge in [0.1, 0.15) is 11.5 Å². The first kappa shape index (κ1) is 13.9. The molecule has 0 aliphatic carbocycles. The van der Waals surface area contributed by atoms with Crippen LogP contribution in [-0.2, 0) is 6.42 Å². The Balaban J connectivity index is 2.26. The van der Waals surface area contributed by atoms with Gasteiger partial charge in [0, 0.05) is 11.6 Å². The van der Waals surface area contributed by atoms with Gasteiger partial charge in [-0.15, -0.1) is 0 Å². The van der Waals surface area contributed by atoms with Crippen molar-refractivity contribution in [3.63, 3.8) is 0 Å². The van der Waals surface area contributed by atoms with Gasteiger partial charge in [-0.3, -0.25) is 0 Å². The number of rotatable bonds is 4. The Hall–Kier alpha value is -1.54. The molecule has 2 nitrogen and oxygen atoms in total. The largest absolute Gasteiger partial charge is 0.466 e. The van der Waals surface area contributed by atoms with Gasteiger partial charge in [-0.1, -0.05) is 29.3 Å². The van der Waals surface area contributed by atoms with Gasteiger partial charge in [0.15, 0.2) is 0 Å². The van der Waals surface area contributed by atoms with E-state index in [4.69, 9.17) is 4.42 Å². The maximum atomic E-state index is 5.64. The molecule has 2 heteroatoms. The van der Waals surface area contributed by atoms with Crippen molar-refractivity contribution in [3.8, 4) is 0 Å². The molecule has 1 aromatic heterocycles. The van der Waals surface area contributed by atoms with Crippen molar-refractivity contribution in [2.75, 3.05) is 7.05 Å². The molecule has 0 saturated heterocycles. The van der Waals surface area contributed by atoms with E-state index in [0.717, 1.165) is 17.9 Å². The van der Waals surface area contributed by atoms with E-state index < -0.39 is 0 Å². The third-order valence-electron chi connectivity index (χ3n) is 3.52. The van der Waals surface area contributed by atoms with Crippen LogP contribution < -0.4 is 5.32 Å². The first-order valence-electron chi connectivity index (χ1n) is 6.81. The number of hydrogen-bond donors (Lipinski definition) is 1. The minimum absolute atomic E-state index is 0.304. The molecule has 1 aromatic carbocycles. The van der Waals surface area contributed by atoms with Gasteiger partial charge in [0.2, 0.25) is 0 Å². The van der Waals surface area contributed by atoms with Crippen molar-refractivity contribution < 1.29 is 4.42 Å². The molecular formula is C17H23NO. The van der Waals surface area contributed by atoms with Crippen molar-refractivity contribution in [2.45, 2.75) is 40.2 Å². The lowest BCUT2D eigenvalue weighted by atomic mass is 9.97. The maximum absolute atomic E-state index is 5.64. The Bertz CT molecular complexity index is 548. The van der Waals surface area contributed by atoms with Crippen LogP contribution >= 0.6 is 0 Å². The topological polar surface area (TPSA) is 25.2 Å². The molecule has 19 heavy (non-hydrogen) atoms. The van der Waals surface area contributed by atoms with Crippen LogP contribution in [0.3, 0.4) is 0 Å². The molecule has 0 amide bonds. The van der Waals surface area contributed by atoms with E-state index in [2.05, 4.69) is 43.4 Å². The zero-order valence-corrected chi connectivity index (χ0v) is 12.5. The smallest absolute Gasteiger partial charge is 0.105 e. The second-order valence-corrected chi connectivity index (χ2v) is 5.41. The van der Waals surface area contributed by atoms with Crippen molar-refractivity contribution in [1.29, 1.82) is 0 Å². The Morgan fingerprint density at radius 1 is 1.00 bits per heavy atom. The van der Waals surface area contributed by atoms with E-state index in [9.17, 15) is 0 Å². The number of aryl methyl sites for hydroxylation is 4. The van der Waals surface area contributed by atoms with Gasteiger partial charge in [-0.05, 0) is 52.8 Å². The molecule has 2 aromatic rings. The van der Waals surface area contributed by atoms with Gasteiger partial charge >= 0.3 is 0 Å². The van der Waals surface area contributed by atoms with Crippen molar-refractivity contribution in [1.82, 2.24) is 5.32 Å². The van der Waals surface area contributed by atoms with Gasteiger partial charge in [-0.25, -0.2) is 0 Å². The zero-order chi connectivity index (χ0) is 14.0. The van der Waals surface area contributed by atoms with Crippen LogP contribution in [0.15, 0.2) is 28.7 Å². The highest BCUT2D eigenvalue weighted by Gasteiger charge is 2.16. The summed E-state index contributed by atoms with van der Waals surface area (Å²) < 4.78 is 5.64. The summed E-state index contributed by atoms with van der Waals surface area (Å²) in [6.07, 6.45) is 0.985. The summed E-state index contributed by atoms with van der Waals surface area (Å²) >= 11 is 0. The summed E-state index contributed by atoms with van der Waals surface area (Å²) in [7, 11) is 2.01. The molecule has 0 aliphatic rings. The Morgan fingerprint density at radius 3 is 2.11 bits per heavy atom. The van der Waals surface area contributed by atoms with E-state index in [-0.39, 0.29) is 0 Å². The lowest BCUT2D eigenvalue weighted by Crippen LogP contribution is -2.19. The van der Waals surface area contributed by atoms with Crippen LogP contribution in [0.1, 0.15) is 39.8 Å². The van der Waals surface area contributed by atoms with Crippen LogP contribution in [-0.4, -0.2) is 7.05 Å². The monoisotopic (exact) mass is 257 g/mol. The SMILES string of the molecule is CNC(Cc1cc(C)cc(C)c1)c1cc(C)oc1C. The molecule has 0 fully saturated rings. The molecule has 1 N–H and O–H groups in total. The summed E-state index contributed by atoms with van der Waals surface area (Å²) in [5.74, 6) is 1.99. The fourth-order valence-electron chi connectivity index (χ4n) is 2.79. The number of likely N-dealkylation sites (N-methyl/N-ethyl adjacent to an activating group) is 1. The second-order valence-electron chi connectivity index (χ2n) is 5.41. The summed E-state index contributed by atoms with van der Waals surface area (Å²) in [5, 5.41) is 3.40. The number of hydrogen-bond acceptors (Lipinski definition) is 2. The highest BCUT2D eigenvalue weighted by molar-refractivity contribution is 5.32. The first-order chi connectivity index (χ1) is 8.99. The quantitative estimate of drug-likeness (QED) is 0.895. The third kappa shape index (κ3) is 3.27. The van der Waals surface area contributed by atoms with Crippen LogP contribution in [0.5, 0.6) is 0 Å². The van der Waals surface area contributed by atoms with E-state index in [1.807, 2.05) is 20.9 Å². The summed E-state index contributed by atoms with van der Waals surface area (Å²) in [4.78, 5) is 0. The fraction of sp³-hybridized carbons (Fsp3) is 0.412. The first-order valence-corrected chi connectivity index (χ1v) is 6.81. The summed E-state index contributed by atoms with van der Waals surface area (Å²) in [5.41, 5.74) is 5.28. The predicted octanol–water partition coefficient (Wildman–Crippen LogP) is 4.02. The Labute approximate surface area is 115 Å². The highest BCUT2D eigenvalue weighted by Crippen LogP contribution is 2.25. The number of furan rings is 1. The number of benzene rings is 1. The molecule has 102 valence electrons. The summed E-state index contributed by atoms with van der Waals surface area (Å²) in [6, 6.07) is 9.18. The molecule has 0 saturated carbocycles. The maximum Gasteiger partial charge on any atom is 0.105 e. The average molecular weight is 257 g/mol. The lowest BCUT2D eigenvalue weighted by molar-refractivity contribution is 0.490. The molecule has 1 unspecified atom stereocenters. The molecule has 0 spiro atoms. The van der Waals surface area contributed by atoms with Gasteiger partial charge < -0.3 is 9.73 Å². The normalized spacial score (nSPS) is 12.7. The Kier molecular flexibility index (Phi) is 4.11. The second kappa shape index (κ2) is 5.62. The van der Waals surface area contributed by atoms with Crippen molar-refractivity contribution >= 4 is 0 Å². The molecule has 0 aliphatic heterocycles. The van der Waals surface area contributed by atoms with Gasteiger partial charge in [0.05, 0.1) is 0 Å². The Morgan fingerprint density at radius 2 is 1.63 bits per heavy atom. The minimum Gasteiger partial charge on any atom is -0.466 e. The minimum atomic E-state index is 0.304. The summed E-state index contributed by atoms with van der Waals surface area (Å²) in [6.45, 7) is 8.34. The van der Waals surface area contributed by atoms with Crippen molar-refractivity contribution in [3.05, 3.63) is 58.0 Å². The van der Waals surface area contributed by atoms with Gasteiger partial charge in [0.25, 0.3) is 0 Å². The third-order valence-corrected chi connectivity index (χ3v) is 3.52. The van der Waals surface area contributed by atoms with E-state index in [0.29, 0.717) is 6.04 Å². The molecule has 0 bridgehead atoms. The molecular weight excluding hydrogens is 234 g/mol. The van der Waals surface area contributed by atoms with Gasteiger partial charge in [-0.2, -0.15) is 0 Å². The molecule has 0 radical (unpaired) electrons. The molecule has 1 atom stereocenters. The molecule has 1 heterocycles. The highest BCUT2D eigenvalue weighted by atomic mass is 16.3. The van der Waals surface area contributed by atoms with Crippen LogP contribution in [0, 0.1) is 27.7 Å². The van der Waals surface area contributed by atoms with E-state index in [1.165, 1.54) is 22.3 Å². The zero-order valence-electron chi connectivity index (χ0n) is 12.5. The van der Waals surface area contributed by atoms with Crippen LogP contribution in [0.2, 0.25) is 0 Å². The fourth-order valence-corrected chi connectivity index (χ4v) is 2.79. The predicted molar refractivity (Wildman–Crippen MR) is 79.6 cm³/mol. The van der Waals surface area contributed by atoms with E-state index >= 15 is 0 Å². The standard InChI is InChI=1S/C17H23NO/c1-11-6-12(2)8-15(7-11)10-17(18-5)16-9-13(3)19-14(16)4/h6-9,17-18H,10H2,1-5H3. The van der Waals surface area contributed by atoms with Crippen LogP contribution in [0.4, 0.5) is 0 Å². The average Bonchev–Trinajstić information content (AvgIpc) is 2.64.